The molecule has 1 heterocycles. The topological polar surface area (TPSA) is 30.5 Å². The van der Waals surface area contributed by atoms with Crippen LogP contribution in [0.3, 0.4) is 0 Å². The summed E-state index contributed by atoms with van der Waals surface area (Å²) in [7, 11) is -1.64. The van der Waals surface area contributed by atoms with Crippen molar-refractivity contribution in [1.82, 2.24) is 5.32 Å². The fourth-order valence-corrected chi connectivity index (χ4v) is 4.49. The molecule has 130 valence electrons. The molecule has 2 rings (SSSR count). The Morgan fingerprint density at radius 2 is 1.77 bits per heavy atom. The zero-order valence-electron chi connectivity index (χ0n) is 15.7. The molecule has 1 unspecified atom stereocenters. The van der Waals surface area contributed by atoms with E-state index in [1.54, 1.807) is 0 Å². The van der Waals surface area contributed by atoms with Gasteiger partial charge in [-0.15, -0.1) is 0 Å². The van der Waals surface area contributed by atoms with Crippen molar-refractivity contribution in [2.24, 2.45) is 0 Å². The van der Waals surface area contributed by atoms with Crippen molar-refractivity contribution < 1.29 is 9.16 Å². The first-order chi connectivity index (χ1) is 10.1. The third kappa shape index (κ3) is 3.95. The Morgan fingerprint density at radius 3 is 2.32 bits per heavy atom. The number of hydrogen-bond acceptors (Lipinski definition) is 3. The molecule has 1 atom stereocenters. The monoisotopic (exact) mass is 327 g/mol. The lowest BCUT2D eigenvalue weighted by Gasteiger charge is -2.39. The predicted molar refractivity (Wildman–Crippen MR) is 95.7 cm³/mol. The van der Waals surface area contributed by atoms with Gasteiger partial charge in [0.1, 0.15) is 5.72 Å². The van der Waals surface area contributed by atoms with Crippen molar-refractivity contribution in [3.63, 3.8) is 0 Å². The largest absolute Gasteiger partial charge is 0.417 e. The van der Waals surface area contributed by atoms with Crippen LogP contribution < -0.4 is 5.32 Å². The first-order valence-corrected chi connectivity index (χ1v) is 12.1. The van der Waals surface area contributed by atoms with Gasteiger partial charge in [-0.3, -0.25) is 5.32 Å². The number of hydrogen-bond donors (Lipinski definition) is 1. The smallest absolute Gasteiger partial charge is 0.191 e. The molecule has 2 fully saturated rings. The maximum absolute atomic E-state index is 6.40. The van der Waals surface area contributed by atoms with E-state index < -0.39 is 8.32 Å². The lowest BCUT2D eigenvalue weighted by Crippen LogP contribution is -2.53. The van der Waals surface area contributed by atoms with E-state index >= 15 is 0 Å². The molecule has 1 saturated carbocycles. The van der Waals surface area contributed by atoms with E-state index in [1.807, 2.05) is 0 Å². The summed E-state index contributed by atoms with van der Waals surface area (Å²) in [6.07, 6.45) is 8.50. The van der Waals surface area contributed by atoms with Gasteiger partial charge in [0.05, 0.1) is 6.61 Å². The summed E-state index contributed by atoms with van der Waals surface area (Å²) < 4.78 is 12.7. The van der Waals surface area contributed by atoms with Crippen LogP contribution in [0.2, 0.25) is 18.1 Å². The predicted octanol–water partition coefficient (Wildman–Crippen LogP) is 4.83. The van der Waals surface area contributed by atoms with Crippen molar-refractivity contribution in [1.29, 1.82) is 0 Å². The highest BCUT2D eigenvalue weighted by molar-refractivity contribution is 6.74. The minimum Gasteiger partial charge on any atom is -0.417 e. The molecule has 3 nitrogen and oxygen atoms in total. The SMILES string of the molecule is CCC1(CCO[Si](C)(C)C(C)(C)C)COC2(CCCCC2)N1. The number of rotatable bonds is 5. The van der Waals surface area contributed by atoms with Crippen molar-refractivity contribution in [2.45, 2.75) is 102 Å². The van der Waals surface area contributed by atoms with Crippen LogP contribution in [0.25, 0.3) is 0 Å². The van der Waals surface area contributed by atoms with Crippen molar-refractivity contribution in [2.75, 3.05) is 13.2 Å². The molecule has 1 aliphatic carbocycles. The molecule has 0 aromatic carbocycles. The van der Waals surface area contributed by atoms with E-state index in [4.69, 9.17) is 9.16 Å². The molecule has 4 heteroatoms. The third-order valence-corrected chi connectivity index (χ3v) is 10.8. The van der Waals surface area contributed by atoms with Crippen LogP contribution >= 0.6 is 0 Å². The molecule has 0 aromatic heterocycles. The van der Waals surface area contributed by atoms with Gasteiger partial charge in [-0.25, -0.2) is 0 Å². The Hall–Kier alpha value is 0.0969. The molecule has 1 aliphatic heterocycles. The van der Waals surface area contributed by atoms with Crippen LogP contribution in [0, 0.1) is 0 Å². The van der Waals surface area contributed by atoms with E-state index in [9.17, 15) is 0 Å². The van der Waals surface area contributed by atoms with Crippen molar-refractivity contribution in [3.8, 4) is 0 Å². The summed E-state index contributed by atoms with van der Waals surface area (Å²) >= 11 is 0. The summed E-state index contributed by atoms with van der Waals surface area (Å²) in [5.74, 6) is 0. The molecule has 0 aromatic rings. The third-order valence-electron chi connectivity index (χ3n) is 6.31. The molecule has 1 saturated heterocycles. The van der Waals surface area contributed by atoms with Crippen LogP contribution in [-0.2, 0) is 9.16 Å². The zero-order valence-corrected chi connectivity index (χ0v) is 16.7. The minimum absolute atomic E-state index is 0.0226. The van der Waals surface area contributed by atoms with Gasteiger partial charge < -0.3 is 9.16 Å². The second-order valence-corrected chi connectivity index (χ2v) is 13.8. The Bertz CT molecular complexity index is 372. The Morgan fingerprint density at radius 1 is 1.14 bits per heavy atom. The Balaban J connectivity index is 1.90. The average Bonchev–Trinajstić information content (AvgIpc) is 2.78. The van der Waals surface area contributed by atoms with Crippen LogP contribution in [-0.4, -0.2) is 32.8 Å². The van der Waals surface area contributed by atoms with E-state index in [-0.39, 0.29) is 16.3 Å². The molecule has 0 amide bonds. The van der Waals surface area contributed by atoms with Gasteiger partial charge in [0.2, 0.25) is 0 Å². The Kier molecular flexibility index (Phi) is 5.48. The quantitative estimate of drug-likeness (QED) is 0.734. The van der Waals surface area contributed by atoms with Crippen LogP contribution in [0.5, 0.6) is 0 Å². The van der Waals surface area contributed by atoms with Crippen molar-refractivity contribution >= 4 is 8.32 Å². The highest BCUT2D eigenvalue weighted by Crippen LogP contribution is 2.40. The van der Waals surface area contributed by atoms with Gasteiger partial charge in [0.25, 0.3) is 0 Å². The molecular weight excluding hydrogens is 290 g/mol. The lowest BCUT2D eigenvalue weighted by molar-refractivity contribution is -0.0384. The molecule has 0 radical (unpaired) electrons. The van der Waals surface area contributed by atoms with Gasteiger partial charge in [-0.1, -0.05) is 34.1 Å². The maximum Gasteiger partial charge on any atom is 0.191 e. The van der Waals surface area contributed by atoms with E-state index in [0.717, 1.165) is 26.1 Å². The summed E-state index contributed by atoms with van der Waals surface area (Å²) in [6.45, 7) is 15.6. The van der Waals surface area contributed by atoms with Gasteiger partial charge >= 0.3 is 0 Å². The first-order valence-electron chi connectivity index (χ1n) is 9.21. The standard InChI is InChI=1S/C18H37NO2Si/c1-7-17(13-14-21-22(5,6)16(2,3)4)15-20-18(19-17)11-9-8-10-12-18/h19H,7-15H2,1-6H3. The fourth-order valence-electron chi connectivity index (χ4n) is 3.44. The zero-order chi connectivity index (χ0) is 16.5. The van der Waals surface area contributed by atoms with Gasteiger partial charge in [0.15, 0.2) is 8.32 Å². The second kappa shape index (κ2) is 6.54. The van der Waals surface area contributed by atoms with E-state index in [2.05, 4.69) is 46.1 Å². The van der Waals surface area contributed by atoms with Gasteiger partial charge in [-0.05, 0) is 56.7 Å². The number of ether oxygens (including phenoxy) is 1. The van der Waals surface area contributed by atoms with Gasteiger partial charge in [-0.2, -0.15) is 0 Å². The average molecular weight is 328 g/mol. The summed E-state index contributed by atoms with van der Waals surface area (Å²) in [5, 5.41) is 4.20. The number of nitrogens with one attached hydrogen (secondary N) is 1. The second-order valence-electron chi connectivity index (χ2n) is 8.96. The Labute approximate surface area is 138 Å². The summed E-state index contributed by atoms with van der Waals surface area (Å²) in [6, 6.07) is 0. The molecule has 2 aliphatic rings. The molecule has 22 heavy (non-hydrogen) atoms. The fraction of sp³-hybridized carbons (Fsp3) is 1.00. The van der Waals surface area contributed by atoms with Gasteiger partial charge in [0, 0.05) is 12.1 Å². The molecule has 1 spiro atoms. The minimum atomic E-state index is -1.64. The van der Waals surface area contributed by atoms with Crippen LogP contribution in [0.1, 0.15) is 72.6 Å². The van der Waals surface area contributed by atoms with Crippen LogP contribution in [0.4, 0.5) is 0 Å². The van der Waals surface area contributed by atoms with Crippen LogP contribution in [0.15, 0.2) is 0 Å². The van der Waals surface area contributed by atoms with Crippen molar-refractivity contribution in [3.05, 3.63) is 0 Å². The highest BCUT2D eigenvalue weighted by atomic mass is 28.4. The highest BCUT2D eigenvalue weighted by Gasteiger charge is 2.48. The first kappa shape index (κ1) is 18.4. The maximum atomic E-state index is 6.40. The molecule has 0 bridgehead atoms. The normalized spacial score (nSPS) is 29.2. The van der Waals surface area contributed by atoms with E-state index in [1.165, 1.54) is 32.1 Å². The summed E-state index contributed by atoms with van der Waals surface area (Å²) in [4.78, 5) is 0. The molecule has 1 N–H and O–H groups in total. The molecular formula is C18H37NO2Si. The summed E-state index contributed by atoms with van der Waals surface area (Å²) in [5.41, 5.74) is 0.102. The van der Waals surface area contributed by atoms with E-state index in [0.29, 0.717) is 0 Å². The lowest BCUT2D eigenvalue weighted by atomic mass is 9.88.